The molecule has 0 aliphatic heterocycles. The van der Waals surface area contributed by atoms with Gasteiger partial charge in [0.05, 0.1) is 17.5 Å². The number of hydrogen-bond donors (Lipinski definition) is 3. The summed E-state index contributed by atoms with van der Waals surface area (Å²) in [5.74, 6) is -0.961. The van der Waals surface area contributed by atoms with Gasteiger partial charge in [-0.15, -0.1) is 0 Å². The first kappa shape index (κ1) is 24.8. The van der Waals surface area contributed by atoms with Crippen LogP contribution in [0.15, 0.2) is 22.7 Å². The molecule has 11 heteroatoms. The number of hydrogen-bond acceptors (Lipinski definition) is 7. The average Bonchev–Trinajstić information content (AvgIpc) is 2.70. The van der Waals surface area contributed by atoms with E-state index in [4.69, 9.17) is 26.4 Å². The number of halogens is 1. The quantitative estimate of drug-likeness (QED) is 0.195. The number of rotatable bonds is 10. The van der Waals surface area contributed by atoms with Crippen molar-refractivity contribution in [3.05, 3.63) is 28.2 Å². The topological polar surface area (TPSA) is 115 Å². The molecule has 0 bridgehead atoms. The number of benzene rings is 1. The van der Waals surface area contributed by atoms with Gasteiger partial charge in [0, 0.05) is 13.5 Å². The molecule has 1 aromatic rings. The van der Waals surface area contributed by atoms with E-state index in [9.17, 15) is 14.4 Å². The first-order valence-electron chi connectivity index (χ1n) is 8.80. The molecule has 1 aromatic carbocycles. The number of carbonyl (C=O) groups excluding carboxylic acids is 3. The van der Waals surface area contributed by atoms with Crippen LogP contribution in [0, 0.1) is 0 Å². The van der Waals surface area contributed by atoms with Gasteiger partial charge in [0.15, 0.2) is 11.7 Å². The standard InChI is InChI=1S/C18H24BrN3O6S/c1-3-12-4-5-14(13(19)10-12)28-11-16(24)21-22-18(29)20-15(23)6-7-17(25)27-9-8-26-2/h4-5,10H,3,6-9,11H2,1-2H3,(H,21,24)(H2,20,22,23,29). The minimum absolute atomic E-state index is 0.0932. The van der Waals surface area contributed by atoms with Crippen molar-refractivity contribution in [3.63, 3.8) is 0 Å². The molecule has 0 aliphatic rings. The van der Waals surface area contributed by atoms with Crippen molar-refractivity contribution in [1.29, 1.82) is 0 Å². The van der Waals surface area contributed by atoms with Gasteiger partial charge in [0.2, 0.25) is 5.91 Å². The highest BCUT2D eigenvalue weighted by atomic mass is 79.9. The lowest BCUT2D eigenvalue weighted by Gasteiger charge is -2.12. The Kier molecular flexibility index (Phi) is 11.8. The Balaban J connectivity index is 2.23. The maximum absolute atomic E-state index is 11.8. The Bertz CT molecular complexity index is 732. The molecule has 9 nitrogen and oxygen atoms in total. The van der Waals surface area contributed by atoms with Gasteiger partial charge in [0.25, 0.3) is 5.91 Å². The van der Waals surface area contributed by atoms with Crippen LogP contribution in [-0.4, -0.2) is 49.8 Å². The van der Waals surface area contributed by atoms with Crippen LogP contribution in [0.1, 0.15) is 25.3 Å². The van der Waals surface area contributed by atoms with Crippen LogP contribution >= 0.6 is 28.1 Å². The summed E-state index contributed by atoms with van der Waals surface area (Å²) in [4.78, 5) is 34.9. The van der Waals surface area contributed by atoms with Crippen LogP contribution in [0.4, 0.5) is 0 Å². The van der Waals surface area contributed by atoms with Crippen LogP contribution in [-0.2, 0) is 30.3 Å². The van der Waals surface area contributed by atoms with E-state index in [2.05, 4.69) is 32.1 Å². The summed E-state index contributed by atoms with van der Waals surface area (Å²) >= 11 is 8.29. The molecule has 29 heavy (non-hydrogen) atoms. The Morgan fingerprint density at radius 1 is 1.10 bits per heavy atom. The van der Waals surface area contributed by atoms with E-state index < -0.39 is 17.8 Å². The number of ether oxygens (including phenoxy) is 3. The second kappa shape index (κ2) is 13.9. The van der Waals surface area contributed by atoms with Crippen molar-refractivity contribution in [3.8, 4) is 5.75 Å². The maximum atomic E-state index is 11.8. The number of aryl methyl sites for hydroxylation is 1. The van der Waals surface area contributed by atoms with E-state index >= 15 is 0 Å². The minimum Gasteiger partial charge on any atom is -0.483 e. The van der Waals surface area contributed by atoms with E-state index in [0.717, 1.165) is 16.5 Å². The zero-order valence-electron chi connectivity index (χ0n) is 16.2. The van der Waals surface area contributed by atoms with E-state index in [0.29, 0.717) is 5.75 Å². The highest BCUT2D eigenvalue weighted by Gasteiger charge is 2.11. The van der Waals surface area contributed by atoms with Gasteiger partial charge >= 0.3 is 5.97 Å². The van der Waals surface area contributed by atoms with E-state index in [-0.39, 0.29) is 37.8 Å². The molecule has 0 fully saturated rings. The van der Waals surface area contributed by atoms with Gasteiger partial charge in [-0.2, -0.15) is 0 Å². The third kappa shape index (κ3) is 10.8. The Hall–Kier alpha value is -2.24. The predicted molar refractivity (Wildman–Crippen MR) is 113 cm³/mol. The summed E-state index contributed by atoms with van der Waals surface area (Å²) in [7, 11) is 1.49. The predicted octanol–water partition coefficient (Wildman–Crippen LogP) is 1.38. The Morgan fingerprint density at radius 3 is 2.52 bits per heavy atom. The Labute approximate surface area is 182 Å². The molecule has 0 saturated carbocycles. The summed E-state index contributed by atoms with van der Waals surface area (Å²) in [5, 5.41) is 2.23. The molecule has 0 unspecified atom stereocenters. The van der Waals surface area contributed by atoms with Gasteiger partial charge in [-0.1, -0.05) is 13.0 Å². The molecule has 3 N–H and O–H groups in total. The van der Waals surface area contributed by atoms with Gasteiger partial charge in [-0.05, 0) is 52.3 Å². The normalized spacial score (nSPS) is 10.0. The molecule has 0 aliphatic carbocycles. The number of hydrazine groups is 1. The number of methoxy groups -OCH3 is 1. The average molecular weight is 490 g/mol. The summed E-state index contributed by atoms with van der Waals surface area (Å²) in [6.45, 7) is 2.21. The maximum Gasteiger partial charge on any atom is 0.306 e. The molecule has 0 radical (unpaired) electrons. The molecule has 0 atom stereocenters. The minimum atomic E-state index is -0.514. The Morgan fingerprint density at radius 2 is 1.86 bits per heavy atom. The van der Waals surface area contributed by atoms with Crippen molar-refractivity contribution in [1.82, 2.24) is 16.2 Å². The van der Waals surface area contributed by atoms with E-state index in [1.807, 2.05) is 19.1 Å². The number of nitrogens with one attached hydrogen (secondary N) is 3. The number of carbonyl (C=O) groups is 3. The van der Waals surface area contributed by atoms with E-state index in [1.165, 1.54) is 7.11 Å². The van der Waals surface area contributed by atoms with Crippen LogP contribution in [0.3, 0.4) is 0 Å². The molecule has 0 saturated heterocycles. The smallest absolute Gasteiger partial charge is 0.306 e. The molecule has 0 heterocycles. The third-order valence-corrected chi connectivity index (χ3v) is 4.26. The third-order valence-electron chi connectivity index (χ3n) is 3.44. The molecule has 160 valence electrons. The van der Waals surface area contributed by atoms with Gasteiger partial charge in [-0.3, -0.25) is 25.2 Å². The molecule has 0 spiro atoms. The van der Waals surface area contributed by atoms with Crippen molar-refractivity contribution in [2.45, 2.75) is 26.2 Å². The largest absolute Gasteiger partial charge is 0.483 e. The molecular formula is C18H24BrN3O6S. The second-order valence-corrected chi connectivity index (χ2v) is 6.93. The van der Waals surface area contributed by atoms with Gasteiger partial charge in [-0.25, -0.2) is 0 Å². The first-order valence-corrected chi connectivity index (χ1v) is 10.00. The summed E-state index contributed by atoms with van der Waals surface area (Å²) in [5.41, 5.74) is 5.83. The van der Waals surface area contributed by atoms with Crippen LogP contribution < -0.4 is 20.9 Å². The highest BCUT2D eigenvalue weighted by Crippen LogP contribution is 2.26. The fraction of sp³-hybridized carbons (Fsp3) is 0.444. The molecule has 1 rings (SSSR count). The van der Waals surface area contributed by atoms with E-state index in [1.54, 1.807) is 6.07 Å². The van der Waals surface area contributed by atoms with Gasteiger partial charge < -0.3 is 19.5 Å². The van der Waals surface area contributed by atoms with Crippen LogP contribution in [0.5, 0.6) is 5.75 Å². The SMILES string of the molecule is CCc1ccc(OCC(=O)NNC(=S)NC(=O)CCC(=O)OCCOC)c(Br)c1. The van der Waals surface area contributed by atoms with Crippen molar-refractivity contribution < 1.29 is 28.6 Å². The molecular weight excluding hydrogens is 466 g/mol. The van der Waals surface area contributed by atoms with Crippen LogP contribution in [0.25, 0.3) is 0 Å². The zero-order chi connectivity index (χ0) is 21.6. The zero-order valence-corrected chi connectivity index (χ0v) is 18.6. The summed E-state index contributed by atoms with van der Waals surface area (Å²) < 4.78 is 15.8. The highest BCUT2D eigenvalue weighted by molar-refractivity contribution is 9.10. The number of amides is 2. The van der Waals surface area contributed by atoms with Crippen molar-refractivity contribution >= 4 is 51.0 Å². The number of thiocarbonyl (C=S) groups is 1. The van der Waals surface area contributed by atoms with Crippen molar-refractivity contribution in [2.24, 2.45) is 0 Å². The molecule has 0 aromatic heterocycles. The lowest BCUT2D eigenvalue weighted by Crippen LogP contribution is -2.49. The molecule has 2 amide bonds. The monoisotopic (exact) mass is 489 g/mol. The first-order chi connectivity index (χ1) is 13.8. The van der Waals surface area contributed by atoms with Gasteiger partial charge in [0.1, 0.15) is 12.4 Å². The lowest BCUT2D eigenvalue weighted by atomic mass is 10.2. The fourth-order valence-corrected chi connectivity index (χ4v) is 2.64. The van der Waals surface area contributed by atoms with Crippen LogP contribution in [0.2, 0.25) is 0 Å². The summed E-state index contributed by atoms with van der Waals surface area (Å²) in [6.07, 6.45) is 0.692. The second-order valence-electron chi connectivity index (χ2n) is 5.67. The summed E-state index contributed by atoms with van der Waals surface area (Å²) in [6, 6.07) is 5.60. The number of esters is 1. The van der Waals surface area contributed by atoms with Crippen molar-refractivity contribution in [2.75, 3.05) is 26.9 Å². The lowest BCUT2D eigenvalue weighted by molar-refractivity contribution is -0.146. The fourth-order valence-electron chi connectivity index (χ4n) is 1.93.